The zero-order valence-electron chi connectivity index (χ0n) is 8.91. The van der Waals surface area contributed by atoms with Crippen molar-refractivity contribution in [2.75, 3.05) is 23.0 Å². The molecule has 0 atom stereocenters. The molecular weight excluding hydrogens is 302 g/mol. The second kappa shape index (κ2) is 9.84. The minimum atomic E-state index is -4.44. The molecule has 0 N–H and O–H groups in total. The number of rotatable bonds is 6. The third-order valence-corrected chi connectivity index (χ3v) is 4.37. The van der Waals surface area contributed by atoms with E-state index in [9.17, 15) is 30.1 Å². The van der Waals surface area contributed by atoms with Gasteiger partial charge in [-0.3, -0.25) is 4.21 Å². The molecule has 0 aromatic rings. The first-order chi connectivity index (χ1) is 6.10. The van der Waals surface area contributed by atoms with Gasteiger partial charge in [-0.1, -0.05) is 0 Å². The predicted molar refractivity (Wildman–Crippen MR) is 47.0 cm³/mol. The summed E-state index contributed by atoms with van der Waals surface area (Å²) in [5.41, 5.74) is 0. The van der Waals surface area contributed by atoms with Gasteiger partial charge in [0.05, 0.1) is 20.2 Å². The molecule has 12 heteroatoms. The molecule has 0 aliphatic heterocycles. The van der Waals surface area contributed by atoms with Crippen molar-refractivity contribution in [3.05, 3.63) is 0 Å². The molecule has 0 saturated carbocycles. The van der Waals surface area contributed by atoms with Crippen LogP contribution in [0.15, 0.2) is 0 Å². The van der Waals surface area contributed by atoms with E-state index in [4.69, 9.17) is 0 Å². The fraction of sp³-hybridized carbons (Fsp3) is 1.00. The maximum atomic E-state index is 10.8. The smallest absolute Gasteiger partial charge is 0.748 e. The normalized spacial score (nSPS) is 11.7. The van der Waals surface area contributed by atoms with E-state index in [0.717, 1.165) is 0 Å². The Kier molecular flexibility index (Phi) is 14.2. The average Bonchev–Trinajstić information content (AvgIpc) is 1.94. The largest absolute Gasteiger partial charge is 1.00 e. The van der Waals surface area contributed by atoms with Crippen LogP contribution in [0.5, 0.6) is 0 Å². The Balaban J connectivity index is -0.000000845. The van der Waals surface area contributed by atoms with Gasteiger partial charge >= 0.3 is 59.1 Å². The SMILES string of the molecule is O=S(CCS(=O)(=O)[O-])CCS(=O)(=O)[O-].[Na+].[Na+]. The molecule has 0 aliphatic rings. The molecule has 0 spiro atoms. The van der Waals surface area contributed by atoms with E-state index in [1.807, 2.05) is 0 Å². The Morgan fingerprint density at radius 2 is 1.06 bits per heavy atom. The van der Waals surface area contributed by atoms with Crippen molar-refractivity contribution in [1.29, 1.82) is 0 Å². The molecule has 7 nitrogen and oxygen atoms in total. The van der Waals surface area contributed by atoms with Crippen molar-refractivity contribution in [2.45, 2.75) is 0 Å². The maximum absolute atomic E-state index is 10.8. The van der Waals surface area contributed by atoms with E-state index in [2.05, 4.69) is 0 Å². The number of hydrogen-bond acceptors (Lipinski definition) is 7. The topological polar surface area (TPSA) is 131 Å². The first kappa shape index (κ1) is 23.1. The number of hydrogen-bond donors (Lipinski definition) is 0. The molecule has 86 valence electrons. The summed E-state index contributed by atoms with van der Waals surface area (Å²) in [6.07, 6.45) is 0. The Hall–Kier alpha value is 1.97. The third kappa shape index (κ3) is 18.3. The van der Waals surface area contributed by atoms with Crippen molar-refractivity contribution < 1.29 is 89.3 Å². The van der Waals surface area contributed by atoms with Gasteiger partial charge in [0.15, 0.2) is 0 Å². The minimum absolute atomic E-state index is 0. The molecule has 0 saturated heterocycles. The molecule has 0 amide bonds. The van der Waals surface area contributed by atoms with Crippen molar-refractivity contribution in [2.24, 2.45) is 0 Å². The van der Waals surface area contributed by atoms with Crippen molar-refractivity contribution in [1.82, 2.24) is 0 Å². The van der Waals surface area contributed by atoms with Crippen LogP contribution in [0.25, 0.3) is 0 Å². The van der Waals surface area contributed by atoms with Gasteiger partial charge in [0.2, 0.25) is 0 Å². The Labute approximate surface area is 141 Å². The summed E-state index contributed by atoms with van der Waals surface area (Å²) in [7, 11) is -10.7. The minimum Gasteiger partial charge on any atom is -0.748 e. The quantitative estimate of drug-likeness (QED) is 0.351. The summed E-state index contributed by atoms with van der Waals surface area (Å²) in [5.74, 6) is -2.53. The Bertz CT molecular complexity index is 361. The van der Waals surface area contributed by atoms with Crippen molar-refractivity contribution >= 4 is 31.0 Å². The average molecular weight is 310 g/mol. The Morgan fingerprint density at radius 3 is 1.25 bits per heavy atom. The van der Waals surface area contributed by atoms with E-state index < -0.39 is 54.0 Å². The summed E-state index contributed by atoms with van der Waals surface area (Å²) in [6, 6.07) is 0. The summed E-state index contributed by atoms with van der Waals surface area (Å²) < 4.78 is 71.2. The third-order valence-electron chi connectivity index (χ3n) is 1.12. The van der Waals surface area contributed by atoms with Crippen LogP contribution in [0, 0.1) is 0 Å². The van der Waals surface area contributed by atoms with Gasteiger partial charge in [-0.15, -0.1) is 0 Å². The molecule has 0 aliphatic carbocycles. The summed E-state index contributed by atoms with van der Waals surface area (Å²) in [5, 5.41) is 0. The van der Waals surface area contributed by atoms with Gasteiger partial charge in [-0.25, -0.2) is 16.8 Å². The zero-order valence-corrected chi connectivity index (χ0v) is 15.4. The molecule has 16 heavy (non-hydrogen) atoms. The first-order valence-corrected chi connectivity index (χ1v) is 7.96. The van der Waals surface area contributed by atoms with Gasteiger partial charge in [0, 0.05) is 33.8 Å². The molecule has 0 radical (unpaired) electrons. The van der Waals surface area contributed by atoms with Crippen molar-refractivity contribution in [3.63, 3.8) is 0 Å². The van der Waals surface area contributed by atoms with Crippen LogP contribution in [0.1, 0.15) is 0 Å². The fourth-order valence-electron chi connectivity index (χ4n) is 0.492. The second-order valence-electron chi connectivity index (χ2n) is 2.37. The molecule has 0 fully saturated rings. The molecule has 0 aromatic heterocycles. The van der Waals surface area contributed by atoms with Crippen LogP contribution < -0.4 is 59.1 Å². The van der Waals surface area contributed by atoms with Gasteiger partial charge in [-0.2, -0.15) is 0 Å². The van der Waals surface area contributed by atoms with Gasteiger partial charge in [-0.05, 0) is 0 Å². The molecule has 0 unspecified atom stereocenters. The van der Waals surface area contributed by atoms with Crippen LogP contribution in [-0.2, 0) is 31.0 Å². The van der Waals surface area contributed by atoms with Crippen LogP contribution in [0.2, 0.25) is 0 Å². The molecular formula is C4H8Na2O7S3. The van der Waals surface area contributed by atoms with E-state index in [0.29, 0.717) is 0 Å². The zero-order chi connectivity index (χ0) is 11.4. The van der Waals surface area contributed by atoms with Gasteiger partial charge < -0.3 is 9.11 Å². The Morgan fingerprint density at radius 1 is 0.812 bits per heavy atom. The van der Waals surface area contributed by atoms with Gasteiger partial charge in [0.25, 0.3) is 0 Å². The van der Waals surface area contributed by atoms with Crippen molar-refractivity contribution in [3.8, 4) is 0 Å². The molecule has 0 bridgehead atoms. The summed E-state index contributed by atoms with van der Waals surface area (Å²) in [4.78, 5) is 0. The van der Waals surface area contributed by atoms with E-state index in [1.165, 1.54) is 0 Å². The van der Waals surface area contributed by atoms with Crippen LogP contribution in [0.3, 0.4) is 0 Å². The van der Waals surface area contributed by atoms with E-state index >= 15 is 0 Å². The summed E-state index contributed by atoms with van der Waals surface area (Å²) in [6.45, 7) is 0. The van der Waals surface area contributed by atoms with Crippen LogP contribution in [-0.4, -0.2) is 53.2 Å². The second-order valence-corrected chi connectivity index (χ2v) is 7.12. The van der Waals surface area contributed by atoms with Crippen LogP contribution in [0.4, 0.5) is 0 Å². The standard InChI is InChI=1S/C4H10O7S3.2Na/c5-12(1-3-13(6,7)8)2-4-14(9,10)11;;/h1-4H2,(H,6,7,8)(H,9,10,11);;/q;2*+1/p-2. The van der Waals surface area contributed by atoms with E-state index in [-0.39, 0.29) is 59.1 Å². The first-order valence-electron chi connectivity index (χ1n) is 3.32. The molecule has 0 rings (SSSR count). The monoisotopic (exact) mass is 310 g/mol. The summed E-state index contributed by atoms with van der Waals surface area (Å²) >= 11 is 0. The fourth-order valence-corrected chi connectivity index (χ4v) is 3.82. The molecule has 0 aromatic carbocycles. The molecule has 0 heterocycles. The van der Waals surface area contributed by atoms with Crippen LogP contribution >= 0.6 is 0 Å². The predicted octanol–water partition coefficient (Wildman–Crippen LogP) is -8.17. The maximum Gasteiger partial charge on any atom is 1.00 e. The van der Waals surface area contributed by atoms with E-state index in [1.54, 1.807) is 0 Å². The van der Waals surface area contributed by atoms with Gasteiger partial charge in [0.1, 0.15) is 0 Å².